The van der Waals surface area contributed by atoms with E-state index in [-0.39, 0.29) is 5.82 Å². The van der Waals surface area contributed by atoms with Crippen LogP contribution in [0, 0.1) is 5.82 Å². The molecule has 1 saturated heterocycles. The van der Waals surface area contributed by atoms with Crippen molar-refractivity contribution in [3.8, 4) is 0 Å². The van der Waals surface area contributed by atoms with E-state index >= 15 is 0 Å². The van der Waals surface area contributed by atoms with Crippen LogP contribution in [0.5, 0.6) is 0 Å². The topological polar surface area (TPSA) is 26.7 Å². The standard InChI is InChI=1S/C19H21Cl2FN2OS/c20-18-6-5-17(11-19(18)21)26-13-16(25)12-23-7-9-24(10-8-23)15-3-1-14(22)2-4-15/h1-6,11,16,25H,7-10,12-13H2. The summed E-state index contributed by atoms with van der Waals surface area (Å²) in [5.74, 6) is 0.394. The lowest BCUT2D eigenvalue weighted by molar-refractivity contribution is 0.126. The van der Waals surface area contributed by atoms with Crippen molar-refractivity contribution >= 4 is 40.7 Å². The summed E-state index contributed by atoms with van der Waals surface area (Å²) in [6.45, 7) is 4.15. The Kier molecular flexibility index (Phi) is 7.06. The number of hydrogen-bond acceptors (Lipinski definition) is 4. The van der Waals surface area contributed by atoms with Gasteiger partial charge in [-0.3, -0.25) is 4.90 Å². The van der Waals surface area contributed by atoms with Gasteiger partial charge < -0.3 is 10.0 Å². The van der Waals surface area contributed by atoms with Gasteiger partial charge in [-0.2, -0.15) is 0 Å². The Morgan fingerprint density at radius 2 is 1.69 bits per heavy atom. The van der Waals surface area contributed by atoms with E-state index in [0.717, 1.165) is 36.8 Å². The third kappa shape index (κ3) is 5.51. The van der Waals surface area contributed by atoms with Crippen LogP contribution in [0.15, 0.2) is 47.4 Å². The number of piperazine rings is 1. The largest absolute Gasteiger partial charge is 0.391 e. The zero-order chi connectivity index (χ0) is 18.5. The van der Waals surface area contributed by atoms with Crippen molar-refractivity contribution in [3.05, 3.63) is 58.3 Å². The molecular formula is C19H21Cl2FN2OS. The SMILES string of the molecule is OC(CSc1ccc(Cl)c(Cl)c1)CN1CCN(c2ccc(F)cc2)CC1. The Morgan fingerprint density at radius 3 is 2.35 bits per heavy atom. The minimum absolute atomic E-state index is 0.213. The molecule has 0 amide bonds. The van der Waals surface area contributed by atoms with Gasteiger partial charge in [0.25, 0.3) is 0 Å². The average Bonchev–Trinajstić information content (AvgIpc) is 2.64. The van der Waals surface area contributed by atoms with Crippen molar-refractivity contribution in [2.45, 2.75) is 11.0 Å². The van der Waals surface area contributed by atoms with Crippen LogP contribution in [0.3, 0.4) is 0 Å². The van der Waals surface area contributed by atoms with E-state index < -0.39 is 6.10 Å². The number of anilines is 1. The zero-order valence-corrected chi connectivity index (χ0v) is 16.6. The summed E-state index contributed by atoms with van der Waals surface area (Å²) >= 11 is 13.5. The van der Waals surface area contributed by atoms with Gasteiger partial charge in [0.15, 0.2) is 0 Å². The van der Waals surface area contributed by atoms with Crippen LogP contribution in [0.2, 0.25) is 10.0 Å². The van der Waals surface area contributed by atoms with E-state index in [2.05, 4.69) is 9.80 Å². The first-order valence-electron chi connectivity index (χ1n) is 8.50. The van der Waals surface area contributed by atoms with Gasteiger partial charge in [-0.25, -0.2) is 4.39 Å². The highest BCUT2D eigenvalue weighted by Crippen LogP contribution is 2.28. The van der Waals surface area contributed by atoms with Crippen LogP contribution >= 0.6 is 35.0 Å². The average molecular weight is 415 g/mol. The highest BCUT2D eigenvalue weighted by atomic mass is 35.5. The number of aliphatic hydroxyl groups excluding tert-OH is 1. The number of benzene rings is 2. The second-order valence-corrected chi connectivity index (χ2v) is 8.21. The molecule has 1 atom stereocenters. The van der Waals surface area contributed by atoms with Crippen molar-refractivity contribution in [1.29, 1.82) is 0 Å². The second-order valence-electron chi connectivity index (χ2n) is 6.30. The molecule has 2 aromatic carbocycles. The molecule has 1 fully saturated rings. The van der Waals surface area contributed by atoms with Gasteiger partial charge in [-0.05, 0) is 42.5 Å². The summed E-state index contributed by atoms with van der Waals surface area (Å²) in [5, 5.41) is 11.4. The summed E-state index contributed by atoms with van der Waals surface area (Å²) in [6.07, 6.45) is -0.410. The van der Waals surface area contributed by atoms with Crippen LogP contribution in [0.1, 0.15) is 0 Å². The highest BCUT2D eigenvalue weighted by Gasteiger charge is 2.19. The molecule has 1 aliphatic heterocycles. The fourth-order valence-electron chi connectivity index (χ4n) is 2.95. The third-order valence-corrected chi connectivity index (χ3v) is 6.24. The van der Waals surface area contributed by atoms with Gasteiger partial charge >= 0.3 is 0 Å². The lowest BCUT2D eigenvalue weighted by Gasteiger charge is -2.36. The molecular weight excluding hydrogens is 394 g/mol. The molecule has 3 rings (SSSR count). The van der Waals surface area contributed by atoms with Gasteiger partial charge in [0.2, 0.25) is 0 Å². The Labute approximate surface area is 167 Å². The first-order valence-corrected chi connectivity index (χ1v) is 10.2. The molecule has 0 aromatic heterocycles. The quantitative estimate of drug-likeness (QED) is 0.708. The first-order chi connectivity index (χ1) is 12.5. The number of thioether (sulfide) groups is 1. The van der Waals surface area contributed by atoms with Crippen molar-refractivity contribution in [3.63, 3.8) is 0 Å². The maximum absolute atomic E-state index is 13.0. The number of aliphatic hydroxyl groups is 1. The number of hydrogen-bond donors (Lipinski definition) is 1. The summed E-state index contributed by atoms with van der Waals surface area (Å²) in [4.78, 5) is 5.51. The molecule has 0 bridgehead atoms. The molecule has 1 unspecified atom stereocenters. The monoisotopic (exact) mass is 414 g/mol. The predicted molar refractivity (Wildman–Crippen MR) is 108 cm³/mol. The smallest absolute Gasteiger partial charge is 0.123 e. The molecule has 140 valence electrons. The number of β-amino-alcohol motifs (C(OH)–C–C–N with tert-alkyl or cyclic N) is 1. The van der Waals surface area contributed by atoms with E-state index in [1.807, 2.05) is 24.3 Å². The van der Waals surface area contributed by atoms with Gasteiger partial charge in [-0.15, -0.1) is 11.8 Å². The number of rotatable bonds is 6. The molecule has 0 saturated carbocycles. The second kappa shape index (κ2) is 9.29. The van der Waals surface area contributed by atoms with Gasteiger partial charge in [0.1, 0.15) is 5.82 Å². The van der Waals surface area contributed by atoms with E-state index in [0.29, 0.717) is 22.3 Å². The Morgan fingerprint density at radius 1 is 1.00 bits per heavy atom. The van der Waals surface area contributed by atoms with E-state index in [1.165, 1.54) is 12.1 Å². The zero-order valence-electron chi connectivity index (χ0n) is 14.2. The van der Waals surface area contributed by atoms with E-state index in [4.69, 9.17) is 23.2 Å². The first kappa shape index (κ1) is 19.8. The highest BCUT2D eigenvalue weighted by molar-refractivity contribution is 7.99. The number of halogens is 3. The Hall–Kier alpha value is -0.980. The third-order valence-electron chi connectivity index (χ3n) is 4.37. The fraction of sp³-hybridized carbons (Fsp3) is 0.368. The van der Waals surface area contributed by atoms with Crippen molar-refractivity contribution < 1.29 is 9.50 Å². The van der Waals surface area contributed by atoms with Crippen molar-refractivity contribution in [1.82, 2.24) is 4.90 Å². The molecule has 0 radical (unpaired) electrons. The van der Waals surface area contributed by atoms with Crippen LogP contribution in [-0.2, 0) is 0 Å². The molecule has 3 nitrogen and oxygen atoms in total. The molecule has 1 heterocycles. The van der Waals surface area contributed by atoms with Crippen LogP contribution < -0.4 is 4.90 Å². The Bertz CT molecular complexity index is 724. The predicted octanol–water partition coefficient (Wildman–Crippen LogP) is 4.41. The molecule has 0 aliphatic carbocycles. The maximum Gasteiger partial charge on any atom is 0.123 e. The van der Waals surface area contributed by atoms with Gasteiger partial charge in [0.05, 0.1) is 16.1 Å². The normalized spacial score (nSPS) is 16.7. The molecule has 7 heteroatoms. The van der Waals surface area contributed by atoms with Crippen molar-refractivity contribution in [2.75, 3.05) is 43.4 Å². The molecule has 26 heavy (non-hydrogen) atoms. The minimum Gasteiger partial charge on any atom is -0.391 e. The van der Waals surface area contributed by atoms with Gasteiger partial charge in [-0.1, -0.05) is 23.2 Å². The lowest BCUT2D eigenvalue weighted by atomic mass is 10.2. The molecule has 1 N–H and O–H groups in total. The summed E-state index contributed by atoms with van der Waals surface area (Å²) in [5.41, 5.74) is 1.04. The van der Waals surface area contributed by atoms with Crippen molar-refractivity contribution in [2.24, 2.45) is 0 Å². The lowest BCUT2D eigenvalue weighted by Crippen LogP contribution is -2.48. The molecule has 2 aromatic rings. The summed E-state index contributed by atoms with van der Waals surface area (Å²) in [6, 6.07) is 12.1. The van der Waals surface area contributed by atoms with Crippen LogP contribution in [-0.4, -0.2) is 54.6 Å². The Balaban J connectivity index is 1.42. The van der Waals surface area contributed by atoms with Crippen LogP contribution in [0.25, 0.3) is 0 Å². The van der Waals surface area contributed by atoms with E-state index in [1.54, 1.807) is 17.8 Å². The maximum atomic E-state index is 13.0. The van der Waals surface area contributed by atoms with Crippen LogP contribution in [0.4, 0.5) is 10.1 Å². The molecule has 0 spiro atoms. The fourth-order valence-corrected chi connectivity index (χ4v) is 4.17. The molecule has 1 aliphatic rings. The summed E-state index contributed by atoms with van der Waals surface area (Å²) in [7, 11) is 0. The minimum atomic E-state index is -0.410. The number of nitrogens with zero attached hydrogens (tertiary/aromatic N) is 2. The summed E-state index contributed by atoms with van der Waals surface area (Å²) < 4.78 is 13.0. The van der Waals surface area contributed by atoms with Gasteiger partial charge in [0, 0.05) is 49.1 Å². The van der Waals surface area contributed by atoms with E-state index in [9.17, 15) is 9.50 Å².